The smallest absolute Gasteiger partial charge is 0.230 e. The molecule has 0 spiro atoms. The third kappa shape index (κ3) is 6.00. The van der Waals surface area contributed by atoms with Crippen LogP contribution in [-0.2, 0) is 11.3 Å². The normalized spacial score (nSPS) is 15.9. The van der Waals surface area contributed by atoms with Gasteiger partial charge in [-0.2, -0.15) is 0 Å². The Bertz CT molecular complexity index is 813. The van der Waals surface area contributed by atoms with Crippen LogP contribution < -0.4 is 10.1 Å². The highest BCUT2D eigenvalue weighted by Crippen LogP contribution is 2.26. The number of hydrogen-bond acceptors (Lipinski definition) is 5. The van der Waals surface area contributed by atoms with Crippen molar-refractivity contribution in [3.63, 3.8) is 0 Å². The van der Waals surface area contributed by atoms with Gasteiger partial charge in [0.15, 0.2) is 17.1 Å². The lowest BCUT2D eigenvalue weighted by molar-refractivity contribution is -0.119. The first kappa shape index (κ1) is 22.7. The van der Waals surface area contributed by atoms with Crippen molar-refractivity contribution >= 4 is 17.7 Å². The summed E-state index contributed by atoms with van der Waals surface area (Å²) in [6.45, 7) is 9.13. The third-order valence-corrected chi connectivity index (χ3v) is 6.55. The van der Waals surface area contributed by atoms with Crippen molar-refractivity contribution in [3.05, 3.63) is 35.7 Å². The highest BCUT2D eigenvalue weighted by Gasteiger charge is 2.20. The Morgan fingerprint density at radius 3 is 2.50 bits per heavy atom. The number of carbonyl (C=O) groups excluding carboxylic acids is 1. The topological polar surface area (TPSA) is 69.0 Å². The summed E-state index contributed by atoms with van der Waals surface area (Å²) in [6, 6.07) is 8.54. The predicted octanol–water partition coefficient (Wildman–Crippen LogP) is 5.10. The number of hydrogen-bond donors (Lipinski definition) is 1. The summed E-state index contributed by atoms with van der Waals surface area (Å²) in [6.07, 6.45) is 5.67. The van der Waals surface area contributed by atoms with Gasteiger partial charge in [-0.15, -0.1) is 10.2 Å². The molecule has 1 aliphatic carbocycles. The minimum absolute atomic E-state index is 0.0774. The van der Waals surface area contributed by atoms with Crippen molar-refractivity contribution in [2.45, 2.75) is 89.6 Å². The maximum absolute atomic E-state index is 12.3. The molecule has 1 heterocycles. The highest BCUT2D eigenvalue weighted by atomic mass is 32.2. The van der Waals surface area contributed by atoms with Crippen LogP contribution in [0.3, 0.4) is 0 Å². The van der Waals surface area contributed by atoms with Crippen LogP contribution in [-0.4, -0.2) is 32.5 Å². The summed E-state index contributed by atoms with van der Waals surface area (Å²) in [5.41, 5.74) is 1.29. The third-order valence-electron chi connectivity index (χ3n) is 5.59. The molecule has 1 aromatic heterocycles. The highest BCUT2D eigenvalue weighted by molar-refractivity contribution is 7.99. The average molecular weight is 431 g/mol. The number of benzene rings is 1. The molecular weight excluding hydrogens is 396 g/mol. The summed E-state index contributed by atoms with van der Waals surface area (Å²) in [7, 11) is 0. The molecule has 1 unspecified atom stereocenters. The van der Waals surface area contributed by atoms with Gasteiger partial charge in [-0.05, 0) is 50.3 Å². The number of ether oxygens (including phenoxy) is 1. The van der Waals surface area contributed by atoms with Gasteiger partial charge in [-0.1, -0.05) is 57.0 Å². The molecule has 0 bridgehead atoms. The van der Waals surface area contributed by atoms with E-state index < -0.39 is 0 Å². The summed E-state index contributed by atoms with van der Waals surface area (Å²) in [5, 5.41) is 12.6. The van der Waals surface area contributed by atoms with E-state index in [-0.39, 0.29) is 12.0 Å². The molecule has 30 heavy (non-hydrogen) atoms. The Morgan fingerprint density at radius 2 is 1.87 bits per heavy atom. The van der Waals surface area contributed by atoms with Crippen molar-refractivity contribution in [1.29, 1.82) is 0 Å². The number of rotatable bonds is 9. The molecule has 1 amide bonds. The molecule has 1 N–H and O–H groups in total. The van der Waals surface area contributed by atoms with Crippen LogP contribution in [0.2, 0.25) is 0 Å². The summed E-state index contributed by atoms with van der Waals surface area (Å²) < 4.78 is 8.14. The molecule has 2 aromatic rings. The van der Waals surface area contributed by atoms with Crippen molar-refractivity contribution in [2.24, 2.45) is 0 Å². The van der Waals surface area contributed by atoms with E-state index in [9.17, 15) is 4.79 Å². The maximum Gasteiger partial charge on any atom is 0.230 e. The lowest BCUT2D eigenvalue weighted by Gasteiger charge is -2.22. The first-order chi connectivity index (χ1) is 14.5. The van der Waals surface area contributed by atoms with Gasteiger partial charge in [0.25, 0.3) is 0 Å². The van der Waals surface area contributed by atoms with Crippen LogP contribution in [0.5, 0.6) is 5.75 Å². The second-order valence-corrected chi connectivity index (χ2v) is 9.20. The Kier molecular flexibility index (Phi) is 8.19. The fourth-order valence-electron chi connectivity index (χ4n) is 3.84. The number of nitrogens with one attached hydrogen (secondary N) is 1. The van der Waals surface area contributed by atoms with E-state index in [1.807, 2.05) is 23.6 Å². The fraction of sp³-hybridized carbons (Fsp3) is 0.609. The zero-order valence-electron chi connectivity index (χ0n) is 18.6. The van der Waals surface area contributed by atoms with E-state index in [0.29, 0.717) is 17.7 Å². The Balaban J connectivity index is 1.57. The van der Waals surface area contributed by atoms with Crippen LogP contribution >= 0.6 is 11.8 Å². The average Bonchev–Trinajstić information content (AvgIpc) is 3.16. The van der Waals surface area contributed by atoms with Gasteiger partial charge in [0, 0.05) is 12.6 Å². The van der Waals surface area contributed by atoms with E-state index >= 15 is 0 Å². The molecule has 1 saturated carbocycles. The van der Waals surface area contributed by atoms with E-state index in [0.717, 1.165) is 36.1 Å². The molecule has 0 aliphatic heterocycles. The molecule has 3 rings (SSSR count). The van der Waals surface area contributed by atoms with Gasteiger partial charge >= 0.3 is 0 Å². The number of thioether (sulfide) groups is 1. The van der Waals surface area contributed by atoms with Crippen molar-refractivity contribution in [3.8, 4) is 5.75 Å². The van der Waals surface area contributed by atoms with Gasteiger partial charge in [0.05, 0.1) is 5.75 Å². The first-order valence-electron chi connectivity index (χ1n) is 11.1. The van der Waals surface area contributed by atoms with Gasteiger partial charge in [-0.3, -0.25) is 4.79 Å². The molecule has 6 nitrogen and oxygen atoms in total. The second kappa shape index (κ2) is 10.8. The monoisotopic (exact) mass is 430 g/mol. The predicted molar refractivity (Wildman–Crippen MR) is 121 cm³/mol. The number of nitrogens with zero attached hydrogens (tertiary/aromatic N) is 3. The first-order valence-corrected chi connectivity index (χ1v) is 12.1. The van der Waals surface area contributed by atoms with Gasteiger partial charge in [0.2, 0.25) is 5.91 Å². The van der Waals surface area contributed by atoms with E-state index in [4.69, 9.17) is 4.74 Å². The lowest BCUT2D eigenvalue weighted by Crippen LogP contribution is -2.37. The SMILES string of the molecule is CCn1c(SCC(=O)NC2CCCCC2)nnc1C(C)Oc1ccc(C(C)C)cc1. The summed E-state index contributed by atoms with van der Waals surface area (Å²) >= 11 is 1.44. The molecular formula is C23H34N4O2S. The molecule has 1 aromatic carbocycles. The quantitative estimate of drug-likeness (QED) is 0.560. The van der Waals surface area contributed by atoms with Crippen LogP contribution in [0.15, 0.2) is 29.4 Å². The van der Waals surface area contributed by atoms with Crippen molar-refractivity contribution in [1.82, 2.24) is 20.1 Å². The minimum Gasteiger partial charge on any atom is -0.483 e. The van der Waals surface area contributed by atoms with Gasteiger partial charge in [-0.25, -0.2) is 0 Å². The summed E-state index contributed by atoms with van der Waals surface area (Å²) in [5.74, 6) is 2.53. The molecule has 1 aliphatic rings. The maximum atomic E-state index is 12.3. The van der Waals surface area contributed by atoms with Crippen LogP contribution in [0.4, 0.5) is 0 Å². The lowest BCUT2D eigenvalue weighted by atomic mass is 9.95. The largest absolute Gasteiger partial charge is 0.483 e. The molecule has 0 saturated heterocycles. The van der Waals surface area contributed by atoms with E-state index in [2.05, 4.69) is 48.4 Å². The van der Waals surface area contributed by atoms with Crippen molar-refractivity contribution < 1.29 is 9.53 Å². The van der Waals surface area contributed by atoms with E-state index in [1.165, 1.54) is 36.6 Å². The Morgan fingerprint density at radius 1 is 1.17 bits per heavy atom. The molecule has 1 atom stereocenters. The molecule has 7 heteroatoms. The van der Waals surface area contributed by atoms with Crippen LogP contribution in [0, 0.1) is 0 Å². The fourth-order valence-corrected chi connectivity index (χ4v) is 4.66. The Labute approximate surface area is 184 Å². The zero-order chi connectivity index (χ0) is 21.5. The number of amides is 1. The standard InChI is InChI=1S/C23H34N4O2S/c1-5-27-22(17(4)29-20-13-11-18(12-14-20)16(2)3)25-26-23(27)30-15-21(28)24-19-9-7-6-8-10-19/h11-14,16-17,19H,5-10,15H2,1-4H3,(H,24,28). The van der Waals surface area contributed by atoms with Gasteiger partial charge < -0.3 is 14.6 Å². The Hall–Kier alpha value is -2.02. The van der Waals surface area contributed by atoms with Crippen LogP contribution in [0.25, 0.3) is 0 Å². The van der Waals surface area contributed by atoms with Crippen molar-refractivity contribution in [2.75, 3.05) is 5.75 Å². The zero-order valence-corrected chi connectivity index (χ0v) is 19.4. The van der Waals surface area contributed by atoms with Gasteiger partial charge in [0.1, 0.15) is 5.75 Å². The number of carbonyl (C=O) groups is 1. The molecule has 0 radical (unpaired) electrons. The van der Waals surface area contributed by atoms with Crippen LogP contribution in [0.1, 0.15) is 83.2 Å². The number of aromatic nitrogens is 3. The second-order valence-electron chi connectivity index (χ2n) is 8.26. The van der Waals surface area contributed by atoms with E-state index in [1.54, 1.807) is 0 Å². The molecule has 1 fully saturated rings. The minimum atomic E-state index is -0.229. The summed E-state index contributed by atoms with van der Waals surface area (Å²) in [4.78, 5) is 12.3. The molecule has 164 valence electrons.